The van der Waals surface area contributed by atoms with Crippen molar-refractivity contribution in [3.8, 4) is 0 Å². The highest BCUT2D eigenvalue weighted by Gasteiger charge is 2.08. The number of benzene rings is 1. The smallest absolute Gasteiger partial charge is 0.191 e. The number of rotatable bonds is 6. The molecule has 0 fully saturated rings. The van der Waals surface area contributed by atoms with Gasteiger partial charge in [0.2, 0.25) is 0 Å². The summed E-state index contributed by atoms with van der Waals surface area (Å²) in [5.41, 5.74) is 3.44. The summed E-state index contributed by atoms with van der Waals surface area (Å²) in [6.45, 7) is 8.48. The van der Waals surface area contributed by atoms with Crippen LogP contribution >= 0.6 is 0 Å². The number of fused-ring (bicyclic) bond motifs is 1. The number of guanidine groups is 1. The van der Waals surface area contributed by atoms with Crippen LogP contribution < -0.4 is 10.6 Å². The molecule has 0 aliphatic heterocycles. The van der Waals surface area contributed by atoms with Gasteiger partial charge in [-0.05, 0) is 37.5 Å². The predicted molar refractivity (Wildman–Crippen MR) is 105 cm³/mol. The molecule has 136 valence electrons. The van der Waals surface area contributed by atoms with Gasteiger partial charge in [0.15, 0.2) is 17.4 Å². The zero-order valence-corrected chi connectivity index (χ0v) is 15.6. The maximum Gasteiger partial charge on any atom is 0.191 e. The zero-order valence-electron chi connectivity index (χ0n) is 15.6. The van der Waals surface area contributed by atoms with E-state index < -0.39 is 0 Å². The van der Waals surface area contributed by atoms with Gasteiger partial charge in [-0.25, -0.2) is 4.99 Å². The lowest BCUT2D eigenvalue weighted by Gasteiger charge is -2.16. The van der Waals surface area contributed by atoms with Crippen molar-refractivity contribution in [2.75, 3.05) is 13.1 Å². The van der Waals surface area contributed by atoms with Gasteiger partial charge in [0.25, 0.3) is 0 Å². The number of aliphatic imine (C=N–C) groups is 1. The van der Waals surface area contributed by atoms with Crippen molar-refractivity contribution in [3.63, 3.8) is 0 Å². The van der Waals surface area contributed by atoms with Gasteiger partial charge in [-0.3, -0.25) is 4.40 Å². The Balaban J connectivity index is 1.64. The van der Waals surface area contributed by atoms with Crippen molar-refractivity contribution in [1.82, 2.24) is 25.2 Å². The van der Waals surface area contributed by atoms with Crippen LogP contribution in [0, 0.1) is 6.92 Å². The van der Waals surface area contributed by atoms with E-state index in [0.717, 1.165) is 30.5 Å². The molecule has 0 aliphatic carbocycles. The zero-order chi connectivity index (χ0) is 18.4. The first-order chi connectivity index (χ1) is 12.7. The first-order valence-electron chi connectivity index (χ1n) is 9.04. The standard InChI is InChI=1S/C20H26N6/c1-4-21-20(22-13-16(3)17-10-8-15(2)9-11-17)23-14-19-25-24-18-7-5-6-12-26(18)19/h5-12,16H,4,13-14H2,1-3H3,(H2,21,22,23). The first-order valence-corrected chi connectivity index (χ1v) is 9.04. The summed E-state index contributed by atoms with van der Waals surface area (Å²) in [5, 5.41) is 15.1. The number of aryl methyl sites for hydroxylation is 1. The minimum atomic E-state index is 0.397. The van der Waals surface area contributed by atoms with Crippen LogP contribution in [0.5, 0.6) is 0 Å². The second-order valence-electron chi connectivity index (χ2n) is 6.43. The van der Waals surface area contributed by atoms with Gasteiger partial charge in [0.05, 0.1) is 0 Å². The Morgan fingerprint density at radius 2 is 1.92 bits per heavy atom. The van der Waals surface area contributed by atoms with Crippen molar-refractivity contribution in [3.05, 3.63) is 65.6 Å². The fourth-order valence-corrected chi connectivity index (χ4v) is 2.75. The molecule has 1 unspecified atom stereocenters. The maximum absolute atomic E-state index is 4.66. The normalized spacial score (nSPS) is 13.0. The largest absolute Gasteiger partial charge is 0.357 e. The molecule has 0 saturated heterocycles. The lowest BCUT2D eigenvalue weighted by Crippen LogP contribution is -2.39. The average Bonchev–Trinajstić information content (AvgIpc) is 3.07. The van der Waals surface area contributed by atoms with E-state index in [-0.39, 0.29) is 0 Å². The molecule has 1 atom stereocenters. The fraction of sp³-hybridized carbons (Fsp3) is 0.350. The van der Waals surface area contributed by atoms with Crippen LogP contribution in [0.25, 0.3) is 5.65 Å². The van der Waals surface area contributed by atoms with E-state index in [1.165, 1.54) is 11.1 Å². The van der Waals surface area contributed by atoms with Gasteiger partial charge in [0.1, 0.15) is 6.54 Å². The van der Waals surface area contributed by atoms with Gasteiger partial charge in [-0.15, -0.1) is 10.2 Å². The summed E-state index contributed by atoms with van der Waals surface area (Å²) in [7, 11) is 0. The minimum Gasteiger partial charge on any atom is -0.357 e. The highest BCUT2D eigenvalue weighted by molar-refractivity contribution is 5.79. The molecule has 3 aromatic rings. The van der Waals surface area contributed by atoms with Gasteiger partial charge in [-0.1, -0.05) is 42.8 Å². The molecule has 0 saturated carbocycles. The summed E-state index contributed by atoms with van der Waals surface area (Å²) in [4.78, 5) is 4.66. The molecule has 1 aromatic carbocycles. The lowest BCUT2D eigenvalue weighted by molar-refractivity contribution is 0.697. The van der Waals surface area contributed by atoms with Crippen LogP contribution in [0.3, 0.4) is 0 Å². The summed E-state index contributed by atoms with van der Waals surface area (Å²) < 4.78 is 1.96. The number of nitrogens with one attached hydrogen (secondary N) is 2. The number of aromatic nitrogens is 3. The SMILES string of the molecule is CCNC(=NCc1nnc2ccccn12)NCC(C)c1ccc(C)cc1. The molecule has 2 aromatic heterocycles. The number of nitrogens with zero attached hydrogens (tertiary/aromatic N) is 4. The van der Waals surface area contributed by atoms with E-state index in [9.17, 15) is 0 Å². The molecule has 0 spiro atoms. The molecule has 0 radical (unpaired) electrons. The van der Waals surface area contributed by atoms with Crippen molar-refractivity contribution in [2.24, 2.45) is 4.99 Å². The van der Waals surface area contributed by atoms with E-state index in [2.05, 4.69) is 70.9 Å². The highest BCUT2D eigenvalue weighted by atomic mass is 15.3. The molecule has 0 bridgehead atoms. The molecule has 26 heavy (non-hydrogen) atoms. The van der Waals surface area contributed by atoms with Gasteiger partial charge in [0, 0.05) is 19.3 Å². The van der Waals surface area contributed by atoms with Crippen LogP contribution in [0.1, 0.15) is 36.7 Å². The highest BCUT2D eigenvalue weighted by Crippen LogP contribution is 2.14. The Labute approximate surface area is 154 Å². The monoisotopic (exact) mass is 350 g/mol. The van der Waals surface area contributed by atoms with Crippen molar-refractivity contribution >= 4 is 11.6 Å². The average molecular weight is 350 g/mol. The first kappa shape index (κ1) is 17.9. The Morgan fingerprint density at radius 1 is 1.12 bits per heavy atom. The van der Waals surface area contributed by atoms with Crippen LogP contribution in [0.2, 0.25) is 0 Å². The topological polar surface area (TPSA) is 66.6 Å². The summed E-state index contributed by atoms with van der Waals surface area (Å²) in [5.74, 6) is 2.01. The number of hydrogen-bond acceptors (Lipinski definition) is 3. The quantitative estimate of drug-likeness (QED) is 0.530. The minimum absolute atomic E-state index is 0.397. The molecule has 0 amide bonds. The van der Waals surface area contributed by atoms with Crippen molar-refractivity contribution in [2.45, 2.75) is 33.2 Å². The molecular formula is C20H26N6. The Hall–Kier alpha value is -2.89. The second-order valence-corrected chi connectivity index (χ2v) is 6.43. The van der Waals surface area contributed by atoms with Crippen molar-refractivity contribution < 1.29 is 0 Å². The summed E-state index contributed by atoms with van der Waals surface area (Å²) >= 11 is 0. The van der Waals surface area contributed by atoms with Gasteiger partial charge < -0.3 is 10.6 Å². The third-order valence-electron chi connectivity index (χ3n) is 4.33. The molecule has 3 rings (SSSR count). The van der Waals surface area contributed by atoms with Gasteiger partial charge in [-0.2, -0.15) is 0 Å². The molecule has 0 aliphatic rings. The maximum atomic E-state index is 4.66. The summed E-state index contributed by atoms with van der Waals surface area (Å²) in [6, 6.07) is 14.5. The second kappa shape index (κ2) is 8.47. The fourth-order valence-electron chi connectivity index (χ4n) is 2.75. The van der Waals surface area contributed by atoms with Crippen LogP contribution in [0.4, 0.5) is 0 Å². The molecule has 2 heterocycles. The number of hydrogen-bond donors (Lipinski definition) is 2. The predicted octanol–water partition coefficient (Wildman–Crippen LogP) is 2.90. The molecular weight excluding hydrogens is 324 g/mol. The van der Waals surface area contributed by atoms with Crippen LogP contribution in [-0.2, 0) is 6.54 Å². The van der Waals surface area contributed by atoms with E-state index in [1.807, 2.05) is 28.8 Å². The number of pyridine rings is 1. The van der Waals surface area contributed by atoms with Crippen molar-refractivity contribution in [1.29, 1.82) is 0 Å². The Bertz CT molecular complexity index is 865. The Kier molecular flexibility index (Phi) is 5.84. The molecule has 6 heteroatoms. The Morgan fingerprint density at radius 3 is 2.69 bits per heavy atom. The van der Waals surface area contributed by atoms with E-state index in [4.69, 9.17) is 0 Å². The third kappa shape index (κ3) is 4.39. The lowest BCUT2D eigenvalue weighted by atomic mass is 10.0. The van der Waals surface area contributed by atoms with Gasteiger partial charge >= 0.3 is 0 Å². The van der Waals surface area contributed by atoms with E-state index in [0.29, 0.717) is 12.5 Å². The van der Waals surface area contributed by atoms with Crippen LogP contribution in [0.15, 0.2) is 53.7 Å². The van der Waals surface area contributed by atoms with E-state index >= 15 is 0 Å². The van der Waals surface area contributed by atoms with E-state index in [1.54, 1.807) is 0 Å². The summed E-state index contributed by atoms with van der Waals surface area (Å²) in [6.07, 6.45) is 1.96. The molecule has 6 nitrogen and oxygen atoms in total. The van der Waals surface area contributed by atoms with Crippen LogP contribution in [-0.4, -0.2) is 33.6 Å². The third-order valence-corrected chi connectivity index (χ3v) is 4.33. The molecule has 2 N–H and O–H groups in total.